The number of amides is 2. The summed E-state index contributed by atoms with van der Waals surface area (Å²) in [5.74, 6) is 0.0873. The number of hydrogen-bond donors (Lipinski definition) is 1. The van der Waals surface area contributed by atoms with Crippen LogP contribution in [0.5, 0.6) is 0 Å². The molecule has 0 radical (unpaired) electrons. The Labute approximate surface area is 150 Å². The molecule has 0 saturated carbocycles. The molecule has 2 amide bonds. The fourth-order valence-electron chi connectivity index (χ4n) is 3.12. The van der Waals surface area contributed by atoms with Crippen LogP contribution in [0.15, 0.2) is 30.3 Å². The minimum Gasteiger partial charge on any atom is -0.338 e. The Balaban J connectivity index is 0.00000288. The minimum absolute atomic E-state index is 0. The van der Waals surface area contributed by atoms with Gasteiger partial charge in [-0.25, -0.2) is 0 Å². The molecule has 0 bridgehead atoms. The first-order valence-corrected chi connectivity index (χ1v) is 8.45. The maximum Gasteiger partial charge on any atom is 0.253 e. The van der Waals surface area contributed by atoms with E-state index in [0.29, 0.717) is 13.1 Å². The smallest absolute Gasteiger partial charge is 0.253 e. The fraction of sp³-hybridized carbons (Fsp3) is 0.556. The van der Waals surface area contributed by atoms with Crippen LogP contribution in [0.2, 0.25) is 0 Å². The second kappa shape index (κ2) is 9.64. The van der Waals surface area contributed by atoms with Crippen LogP contribution in [0.3, 0.4) is 0 Å². The molecule has 0 aliphatic carbocycles. The van der Waals surface area contributed by atoms with E-state index in [2.05, 4.69) is 6.92 Å². The van der Waals surface area contributed by atoms with Crippen LogP contribution in [-0.2, 0) is 4.79 Å². The Morgan fingerprint density at radius 2 is 1.83 bits per heavy atom. The largest absolute Gasteiger partial charge is 0.338 e. The molecule has 134 valence electrons. The average Bonchev–Trinajstić information content (AvgIpc) is 2.59. The van der Waals surface area contributed by atoms with Crippen molar-refractivity contribution in [2.45, 2.75) is 45.2 Å². The van der Waals surface area contributed by atoms with Crippen LogP contribution >= 0.6 is 12.4 Å². The summed E-state index contributed by atoms with van der Waals surface area (Å²) < 4.78 is 0. The molecular formula is C18H28ClN3O2. The van der Waals surface area contributed by atoms with E-state index in [1.165, 1.54) is 0 Å². The maximum absolute atomic E-state index is 12.5. The summed E-state index contributed by atoms with van der Waals surface area (Å²) in [6.45, 7) is 5.90. The predicted molar refractivity (Wildman–Crippen MR) is 98.3 cm³/mol. The van der Waals surface area contributed by atoms with Crippen LogP contribution in [0.4, 0.5) is 0 Å². The van der Waals surface area contributed by atoms with Gasteiger partial charge in [-0.15, -0.1) is 12.4 Å². The Hall–Kier alpha value is -1.59. The first-order valence-electron chi connectivity index (χ1n) is 8.45. The van der Waals surface area contributed by atoms with E-state index in [-0.39, 0.29) is 30.3 Å². The summed E-state index contributed by atoms with van der Waals surface area (Å²) in [4.78, 5) is 28.6. The van der Waals surface area contributed by atoms with Gasteiger partial charge in [0.1, 0.15) is 0 Å². The molecule has 1 aromatic rings. The van der Waals surface area contributed by atoms with Gasteiger partial charge < -0.3 is 15.5 Å². The molecule has 0 spiro atoms. The van der Waals surface area contributed by atoms with Crippen LogP contribution in [-0.4, -0.2) is 53.3 Å². The van der Waals surface area contributed by atoms with Crippen molar-refractivity contribution in [2.24, 2.45) is 5.73 Å². The lowest BCUT2D eigenvalue weighted by molar-refractivity contribution is -0.135. The van der Waals surface area contributed by atoms with E-state index in [1.54, 1.807) is 6.92 Å². The lowest BCUT2D eigenvalue weighted by atomic mass is 10.0. The summed E-state index contributed by atoms with van der Waals surface area (Å²) in [6.07, 6.45) is 2.55. The van der Waals surface area contributed by atoms with Gasteiger partial charge in [0.2, 0.25) is 5.91 Å². The Morgan fingerprint density at radius 3 is 2.33 bits per heavy atom. The molecule has 1 aliphatic rings. The number of benzene rings is 1. The third kappa shape index (κ3) is 4.95. The lowest BCUT2D eigenvalue weighted by Crippen LogP contribution is -2.52. The number of hydrogen-bond acceptors (Lipinski definition) is 3. The van der Waals surface area contributed by atoms with E-state index >= 15 is 0 Å². The number of halogens is 1. The molecule has 0 aromatic heterocycles. The van der Waals surface area contributed by atoms with Gasteiger partial charge in [0.05, 0.1) is 6.04 Å². The zero-order valence-electron chi connectivity index (χ0n) is 14.5. The Morgan fingerprint density at radius 1 is 1.25 bits per heavy atom. The van der Waals surface area contributed by atoms with Crippen molar-refractivity contribution in [1.82, 2.24) is 9.80 Å². The van der Waals surface area contributed by atoms with Crippen LogP contribution in [0, 0.1) is 0 Å². The molecule has 24 heavy (non-hydrogen) atoms. The summed E-state index contributed by atoms with van der Waals surface area (Å²) in [5, 5.41) is 0. The summed E-state index contributed by atoms with van der Waals surface area (Å²) >= 11 is 0. The SMILES string of the molecule is CCCN(C(=O)[C@H](C)N)C1CCN(C(=O)c2ccccc2)CC1.Cl. The number of nitrogens with two attached hydrogens (primary N) is 1. The highest BCUT2D eigenvalue weighted by molar-refractivity contribution is 5.94. The number of carbonyl (C=O) groups excluding carboxylic acids is 2. The van der Waals surface area contributed by atoms with E-state index in [4.69, 9.17) is 5.73 Å². The highest BCUT2D eigenvalue weighted by Crippen LogP contribution is 2.19. The van der Waals surface area contributed by atoms with Gasteiger partial charge in [0, 0.05) is 31.2 Å². The molecule has 1 aromatic carbocycles. The summed E-state index contributed by atoms with van der Waals surface area (Å²) in [6, 6.07) is 9.08. The number of rotatable bonds is 5. The molecule has 1 saturated heterocycles. The molecule has 1 aliphatic heterocycles. The lowest BCUT2D eigenvalue weighted by Gasteiger charge is -2.39. The Bertz CT molecular complexity index is 528. The van der Waals surface area contributed by atoms with Gasteiger partial charge in [-0.3, -0.25) is 9.59 Å². The molecule has 5 nitrogen and oxygen atoms in total. The molecule has 0 unspecified atom stereocenters. The highest BCUT2D eigenvalue weighted by Gasteiger charge is 2.30. The van der Waals surface area contributed by atoms with Gasteiger partial charge in [-0.1, -0.05) is 25.1 Å². The molecule has 1 atom stereocenters. The molecular weight excluding hydrogens is 326 g/mol. The maximum atomic E-state index is 12.5. The van der Waals surface area contributed by atoms with Gasteiger partial charge in [-0.2, -0.15) is 0 Å². The number of nitrogens with zero attached hydrogens (tertiary/aromatic N) is 2. The number of piperidine rings is 1. The zero-order chi connectivity index (χ0) is 16.8. The van der Waals surface area contributed by atoms with Crippen molar-refractivity contribution in [1.29, 1.82) is 0 Å². The topological polar surface area (TPSA) is 66.6 Å². The number of likely N-dealkylation sites (tertiary alicyclic amines) is 1. The van der Waals surface area contributed by atoms with Crippen molar-refractivity contribution in [3.05, 3.63) is 35.9 Å². The van der Waals surface area contributed by atoms with E-state index in [0.717, 1.165) is 31.4 Å². The van der Waals surface area contributed by atoms with E-state index in [9.17, 15) is 9.59 Å². The first-order chi connectivity index (χ1) is 11.0. The minimum atomic E-state index is -0.467. The third-order valence-corrected chi connectivity index (χ3v) is 4.35. The molecule has 1 fully saturated rings. The van der Waals surface area contributed by atoms with Crippen LogP contribution < -0.4 is 5.73 Å². The van der Waals surface area contributed by atoms with Crippen molar-refractivity contribution in [3.8, 4) is 0 Å². The third-order valence-electron chi connectivity index (χ3n) is 4.35. The van der Waals surface area contributed by atoms with E-state index in [1.807, 2.05) is 40.1 Å². The van der Waals surface area contributed by atoms with Crippen molar-refractivity contribution in [2.75, 3.05) is 19.6 Å². The first kappa shape index (κ1) is 20.5. The van der Waals surface area contributed by atoms with Gasteiger partial charge in [-0.05, 0) is 38.3 Å². The zero-order valence-corrected chi connectivity index (χ0v) is 15.3. The normalized spacial score (nSPS) is 16.2. The highest BCUT2D eigenvalue weighted by atomic mass is 35.5. The average molecular weight is 354 g/mol. The Kier molecular flexibility index (Phi) is 8.22. The quantitative estimate of drug-likeness (QED) is 0.883. The predicted octanol–water partition coefficient (Wildman–Crippen LogP) is 2.30. The van der Waals surface area contributed by atoms with Crippen LogP contribution in [0.1, 0.15) is 43.5 Å². The monoisotopic (exact) mass is 353 g/mol. The van der Waals surface area contributed by atoms with Gasteiger partial charge in [0.25, 0.3) is 5.91 Å². The van der Waals surface area contributed by atoms with Crippen LogP contribution in [0.25, 0.3) is 0 Å². The molecule has 2 rings (SSSR count). The van der Waals surface area contributed by atoms with E-state index < -0.39 is 6.04 Å². The molecule has 6 heteroatoms. The molecule has 2 N–H and O–H groups in total. The second-order valence-electron chi connectivity index (χ2n) is 6.21. The standard InChI is InChI=1S/C18H27N3O2.ClH/c1-3-11-21(17(22)14(2)19)16-9-12-20(13-10-16)18(23)15-7-5-4-6-8-15;/h4-8,14,16H,3,9-13,19H2,1-2H3;1H/t14-;/m0./s1. The summed E-state index contributed by atoms with van der Waals surface area (Å²) in [5.41, 5.74) is 6.49. The second-order valence-corrected chi connectivity index (χ2v) is 6.21. The summed E-state index contributed by atoms with van der Waals surface area (Å²) in [7, 11) is 0. The van der Waals surface area contributed by atoms with Crippen molar-refractivity contribution >= 4 is 24.2 Å². The van der Waals surface area contributed by atoms with Crippen molar-refractivity contribution < 1.29 is 9.59 Å². The molecule has 1 heterocycles. The van der Waals surface area contributed by atoms with Gasteiger partial charge in [0.15, 0.2) is 0 Å². The van der Waals surface area contributed by atoms with Gasteiger partial charge >= 0.3 is 0 Å². The van der Waals surface area contributed by atoms with Crippen molar-refractivity contribution in [3.63, 3.8) is 0 Å². The number of carbonyl (C=O) groups is 2. The fourth-order valence-corrected chi connectivity index (χ4v) is 3.12.